The van der Waals surface area contributed by atoms with Crippen LogP contribution in [0.3, 0.4) is 0 Å². The molecule has 2 N–H and O–H groups in total. The van der Waals surface area contributed by atoms with Crippen molar-refractivity contribution >= 4 is 17.3 Å². The zero-order chi connectivity index (χ0) is 14.9. The number of piperidine rings is 1. The molecule has 1 saturated heterocycles. The van der Waals surface area contributed by atoms with Crippen LogP contribution in [0.1, 0.15) is 32.3 Å². The fourth-order valence-corrected chi connectivity index (χ4v) is 3.17. The lowest BCUT2D eigenvalue weighted by atomic mass is 9.99. The first-order valence-electron chi connectivity index (χ1n) is 8.03. The maximum absolute atomic E-state index is 4.63. The first kappa shape index (κ1) is 16.3. The van der Waals surface area contributed by atoms with Gasteiger partial charge in [0.2, 0.25) is 0 Å². The molecule has 118 valence electrons. The van der Waals surface area contributed by atoms with Gasteiger partial charge in [0.1, 0.15) is 0 Å². The lowest BCUT2D eigenvalue weighted by molar-refractivity contribution is 0.195. The molecule has 0 atom stereocenters. The maximum atomic E-state index is 4.63. The number of nitrogens with one attached hydrogen (secondary N) is 2. The van der Waals surface area contributed by atoms with Gasteiger partial charge in [0.15, 0.2) is 5.96 Å². The van der Waals surface area contributed by atoms with Crippen molar-refractivity contribution < 1.29 is 0 Å². The molecule has 21 heavy (non-hydrogen) atoms. The molecule has 0 spiro atoms. The summed E-state index contributed by atoms with van der Waals surface area (Å²) in [4.78, 5) is 7.18. The number of guanidine groups is 1. The van der Waals surface area contributed by atoms with Crippen molar-refractivity contribution in [3.05, 3.63) is 22.4 Å². The number of nitrogens with zero attached hydrogens (tertiary/aromatic N) is 2. The minimum Gasteiger partial charge on any atom is -0.357 e. The smallest absolute Gasteiger partial charge is 0.191 e. The van der Waals surface area contributed by atoms with Crippen LogP contribution in [0, 0.1) is 5.92 Å². The van der Waals surface area contributed by atoms with Crippen molar-refractivity contribution in [2.24, 2.45) is 10.9 Å². The van der Waals surface area contributed by atoms with E-state index in [0.717, 1.165) is 38.1 Å². The largest absolute Gasteiger partial charge is 0.357 e. The summed E-state index contributed by atoms with van der Waals surface area (Å²) in [6.07, 6.45) is 2.68. The molecule has 2 heterocycles. The molecule has 2 rings (SSSR count). The number of hydrogen-bond acceptors (Lipinski definition) is 3. The molecule has 1 aromatic heterocycles. The highest BCUT2D eigenvalue weighted by molar-refractivity contribution is 7.07. The van der Waals surface area contributed by atoms with Gasteiger partial charge in [0.25, 0.3) is 0 Å². The van der Waals surface area contributed by atoms with E-state index in [-0.39, 0.29) is 0 Å². The van der Waals surface area contributed by atoms with E-state index in [1.807, 2.05) is 0 Å². The van der Waals surface area contributed by atoms with Crippen molar-refractivity contribution in [1.29, 1.82) is 0 Å². The summed E-state index contributed by atoms with van der Waals surface area (Å²) in [6.45, 7) is 10.7. The van der Waals surface area contributed by atoms with E-state index < -0.39 is 0 Å². The molecule has 0 aromatic carbocycles. The van der Waals surface area contributed by atoms with Gasteiger partial charge >= 0.3 is 0 Å². The molecule has 1 aliphatic rings. The molecule has 5 heteroatoms. The molecule has 0 bridgehead atoms. The van der Waals surface area contributed by atoms with Crippen molar-refractivity contribution in [3.63, 3.8) is 0 Å². The Hall–Kier alpha value is -1.07. The molecule has 4 nitrogen and oxygen atoms in total. The molecular weight excluding hydrogens is 280 g/mol. The molecule has 0 unspecified atom stereocenters. The average molecular weight is 308 g/mol. The highest BCUT2D eigenvalue weighted by Gasteiger charge is 2.14. The number of thiophene rings is 1. The number of hydrogen-bond donors (Lipinski definition) is 2. The van der Waals surface area contributed by atoms with Gasteiger partial charge in [0, 0.05) is 19.6 Å². The molecule has 0 aliphatic carbocycles. The predicted molar refractivity (Wildman–Crippen MR) is 92.0 cm³/mol. The van der Waals surface area contributed by atoms with Crippen molar-refractivity contribution in [2.45, 2.75) is 33.2 Å². The lowest BCUT2D eigenvalue weighted by Gasteiger charge is -2.30. The predicted octanol–water partition coefficient (Wildman–Crippen LogP) is 2.54. The summed E-state index contributed by atoms with van der Waals surface area (Å²) in [5, 5.41) is 11.0. The minimum atomic E-state index is 0.750. The highest BCUT2D eigenvalue weighted by atomic mass is 32.1. The SMILES string of the molecule is CCNC(=NCc1ccsc1)NCCN1CCC(C)CC1. The zero-order valence-corrected chi connectivity index (χ0v) is 14.1. The summed E-state index contributed by atoms with van der Waals surface area (Å²) in [6, 6.07) is 2.13. The van der Waals surface area contributed by atoms with Gasteiger partial charge in [-0.1, -0.05) is 6.92 Å². The molecule has 1 fully saturated rings. The summed E-state index contributed by atoms with van der Waals surface area (Å²) >= 11 is 1.72. The van der Waals surface area contributed by atoms with Crippen LogP contribution in [0.4, 0.5) is 0 Å². The van der Waals surface area contributed by atoms with Crippen LogP contribution in [0.5, 0.6) is 0 Å². The summed E-state index contributed by atoms with van der Waals surface area (Å²) < 4.78 is 0. The second-order valence-corrected chi connectivity index (χ2v) is 6.56. The fraction of sp³-hybridized carbons (Fsp3) is 0.688. The van der Waals surface area contributed by atoms with Crippen LogP contribution in [-0.2, 0) is 6.54 Å². The third-order valence-corrected chi connectivity index (χ3v) is 4.67. The Morgan fingerprint density at radius 2 is 2.19 bits per heavy atom. The molecule has 0 radical (unpaired) electrons. The Morgan fingerprint density at radius 1 is 1.38 bits per heavy atom. The van der Waals surface area contributed by atoms with E-state index in [1.54, 1.807) is 11.3 Å². The Labute approximate surface area is 132 Å². The molecule has 1 aromatic rings. The van der Waals surface area contributed by atoms with Gasteiger partial charge in [0.05, 0.1) is 6.54 Å². The lowest BCUT2D eigenvalue weighted by Crippen LogP contribution is -2.43. The first-order valence-corrected chi connectivity index (χ1v) is 8.98. The molecule has 0 saturated carbocycles. The summed E-state index contributed by atoms with van der Waals surface area (Å²) in [5.41, 5.74) is 1.28. The number of rotatable bonds is 6. The van der Waals surface area contributed by atoms with E-state index in [9.17, 15) is 0 Å². The van der Waals surface area contributed by atoms with Crippen LogP contribution in [0.15, 0.2) is 21.8 Å². The van der Waals surface area contributed by atoms with Crippen molar-refractivity contribution in [2.75, 3.05) is 32.7 Å². The van der Waals surface area contributed by atoms with Gasteiger partial charge in [-0.25, -0.2) is 4.99 Å². The summed E-state index contributed by atoms with van der Waals surface area (Å²) in [5.74, 6) is 1.83. The Balaban J connectivity index is 1.70. The van der Waals surface area contributed by atoms with Gasteiger partial charge in [-0.15, -0.1) is 0 Å². The van der Waals surface area contributed by atoms with Gasteiger partial charge in [-0.3, -0.25) is 0 Å². The van der Waals surface area contributed by atoms with Gasteiger partial charge in [-0.05, 0) is 61.2 Å². The molecule has 0 amide bonds. The number of likely N-dealkylation sites (tertiary alicyclic amines) is 1. The van der Waals surface area contributed by atoms with E-state index in [2.05, 4.69) is 51.2 Å². The van der Waals surface area contributed by atoms with Crippen LogP contribution >= 0.6 is 11.3 Å². The van der Waals surface area contributed by atoms with Crippen LogP contribution in [0.25, 0.3) is 0 Å². The first-order chi connectivity index (χ1) is 10.3. The zero-order valence-electron chi connectivity index (χ0n) is 13.3. The second kappa shape index (κ2) is 9.05. The highest BCUT2D eigenvalue weighted by Crippen LogP contribution is 2.15. The Bertz CT molecular complexity index is 408. The van der Waals surface area contributed by atoms with Gasteiger partial charge in [-0.2, -0.15) is 11.3 Å². The quantitative estimate of drug-likeness (QED) is 0.627. The Kier molecular flexibility index (Phi) is 7.03. The topological polar surface area (TPSA) is 39.7 Å². The van der Waals surface area contributed by atoms with Crippen molar-refractivity contribution in [1.82, 2.24) is 15.5 Å². The number of aliphatic imine (C=N–C) groups is 1. The maximum Gasteiger partial charge on any atom is 0.191 e. The van der Waals surface area contributed by atoms with Crippen LogP contribution in [0.2, 0.25) is 0 Å². The van der Waals surface area contributed by atoms with E-state index >= 15 is 0 Å². The molecule has 1 aliphatic heterocycles. The monoisotopic (exact) mass is 308 g/mol. The van der Waals surface area contributed by atoms with Crippen LogP contribution < -0.4 is 10.6 Å². The normalized spacial score (nSPS) is 17.9. The fourth-order valence-electron chi connectivity index (χ4n) is 2.51. The second-order valence-electron chi connectivity index (χ2n) is 5.78. The third-order valence-electron chi connectivity index (χ3n) is 3.94. The van der Waals surface area contributed by atoms with Crippen molar-refractivity contribution in [3.8, 4) is 0 Å². The minimum absolute atomic E-state index is 0.750. The van der Waals surface area contributed by atoms with E-state index in [4.69, 9.17) is 0 Å². The van der Waals surface area contributed by atoms with Gasteiger partial charge < -0.3 is 15.5 Å². The van der Waals surface area contributed by atoms with E-state index in [1.165, 1.54) is 31.5 Å². The third kappa shape index (κ3) is 6.06. The molecular formula is C16H28N4S. The van der Waals surface area contributed by atoms with E-state index in [0.29, 0.717) is 0 Å². The average Bonchev–Trinajstić information content (AvgIpc) is 3.00. The Morgan fingerprint density at radius 3 is 2.86 bits per heavy atom. The summed E-state index contributed by atoms with van der Waals surface area (Å²) in [7, 11) is 0. The van der Waals surface area contributed by atoms with Crippen LogP contribution in [-0.4, -0.2) is 43.6 Å². The standard InChI is InChI=1S/C16H28N4S/c1-3-17-16(19-12-15-6-11-21-13-15)18-7-10-20-8-4-14(2)5-9-20/h6,11,13-14H,3-5,7-10,12H2,1-2H3,(H2,17,18,19).